The lowest BCUT2D eigenvalue weighted by atomic mass is 10.3. The van der Waals surface area contributed by atoms with Crippen LogP contribution in [0.5, 0.6) is 0 Å². The van der Waals surface area contributed by atoms with Crippen molar-refractivity contribution in [3.05, 3.63) is 28.5 Å². The number of rotatable bonds is 3. The zero-order valence-corrected chi connectivity index (χ0v) is 9.90. The Morgan fingerprint density at radius 1 is 1.53 bits per heavy atom. The summed E-state index contributed by atoms with van der Waals surface area (Å²) in [6.07, 6.45) is 0.873. The molecule has 0 aliphatic rings. The highest BCUT2D eigenvalue weighted by Crippen LogP contribution is 2.22. The van der Waals surface area contributed by atoms with Crippen LogP contribution in [0.3, 0.4) is 0 Å². The summed E-state index contributed by atoms with van der Waals surface area (Å²) < 4.78 is 13.3. The van der Waals surface area contributed by atoms with Crippen molar-refractivity contribution in [1.82, 2.24) is 5.32 Å². The van der Waals surface area contributed by atoms with Crippen LogP contribution in [-0.4, -0.2) is 12.6 Å². The summed E-state index contributed by atoms with van der Waals surface area (Å²) in [5, 5.41) is 5.27. The Labute approximate surface area is 96.2 Å². The molecule has 0 atom stereocenters. The molecule has 0 saturated heterocycles. The zero-order valence-electron chi connectivity index (χ0n) is 8.31. The highest BCUT2D eigenvalue weighted by Gasteiger charge is 2.04. The molecule has 1 rings (SSSR count). The SMILES string of the molecule is CCCNC(=O)Nc1ccc(F)cc1Br. The number of hydrogen-bond donors (Lipinski definition) is 2. The summed E-state index contributed by atoms with van der Waals surface area (Å²) >= 11 is 3.16. The van der Waals surface area contributed by atoms with Gasteiger partial charge >= 0.3 is 6.03 Å². The third-order valence-corrected chi connectivity index (χ3v) is 2.37. The lowest BCUT2D eigenvalue weighted by Gasteiger charge is -2.08. The van der Waals surface area contributed by atoms with Gasteiger partial charge in [-0.1, -0.05) is 6.92 Å². The van der Waals surface area contributed by atoms with Crippen molar-refractivity contribution in [3.63, 3.8) is 0 Å². The maximum atomic E-state index is 12.7. The molecule has 82 valence electrons. The highest BCUT2D eigenvalue weighted by atomic mass is 79.9. The normalized spacial score (nSPS) is 9.80. The van der Waals surface area contributed by atoms with E-state index in [1.165, 1.54) is 18.2 Å². The summed E-state index contributed by atoms with van der Waals surface area (Å²) in [5.41, 5.74) is 0.546. The molecule has 0 aromatic heterocycles. The molecule has 5 heteroatoms. The molecule has 0 unspecified atom stereocenters. The van der Waals surface area contributed by atoms with E-state index in [2.05, 4.69) is 26.6 Å². The number of nitrogens with one attached hydrogen (secondary N) is 2. The van der Waals surface area contributed by atoms with Crippen molar-refractivity contribution in [1.29, 1.82) is 0 Å². The molecular weight excluding hydrogens is 263 g/mol. The highest BCUT2D eigenvalue weighted by molar-refractivity contribution is 9.10. The van der Waals surface area contributed by atoms with Gasteiger partial charge in [0.15, 0.2) is 0 Å². The molecular formula is C10H12BrFN2O. The number of carbonyl (C=O) groups excluding carboxylic acids is 1. The van der Waals surface area contributed by atoms with E-state index < -0.39 is 0 Å². The van der Waals surface area contributed by atoms with Gasteiger partial charge in [0, 0.05) is 11.0 Å². The first-order chi connectivity index (χ1) is 7.13. The summed E-state index contributed by atoms with van der Waals surface area (Å²) in [4.78, 5) is 11.3. The van der Waals surface area contributed by atoms with E-state index >= 15 is 0 Å². The van der Waals surface area contributed by atoms with Crippen molar-refractivity contribution < 1.29 is 9.18 Å². The van der Waals surface area contributed by atoms with Gasteiger partial charge in [-0.3, -0.25) is 0 Å². The van der Waals surface area contributed by atoms with Crippen LogP contribution in [0.25, 0.3) is 0 Å². The lowest BCUT2D eigenvalue weighted by molar-refractivity contribution is 0.252. The van der Waals surface area contributed by atoms with Gasteiger partial charge in [0.2, 0.25) is 0 Å². The van der Waals surface area contributed by atoms with Crippen molar-refractivity contribution in [2.24, 2.45) is 0 Å². The van der Waals surface area contributed by atoms with Gasteiger partial charge in [0.05, 0.1) is 5.69 Å². The van der Waals surface area contributed by atoms with Crippen LogP contribution in [-0.2, 0) is 0 Å². The molecule has 0 heterocycles. The van der Waals surface area contributed by atoms with Gasteiger partial charge in [0.1, 0.15) is 5.82 Å². The van der Waals surface area contributed by atoms with Gasteiger partial charge < -0.3 is 10.6 Å². The second-order valence-corrected chi connectivity index (χ2v) is 3.86. The number of urea groups is 1. The molecule has 0 radical (unpaired) electrons. The fourth-order valence-electron chi connectivity index (χ4n) is 0.996. The largest absolute Gasteiger partial charge is 0.338 e. The van der Waals surface area contributed by atoms with E-state index in [1.54, 1.807) is 0 Å². The minimum Gasteiger partial charge on any atom is -0.338 e. The maximum absolute atomic E-state index is 12.7. The van der Waals surface area contributed by atoms with Crippen molar-refractivity contribution in [3.8, 4) is 0 Å². The summed E-state index contributed by atoms with van der Waals surface area (Å²) in [7, 11) is 0. The van der Waals surface area contributed by atoms with Crippen LogP contribution in [0.15, 0.2) is 22.7 Å². The molecule has 1 aromatic carbocycles. The van der Waals surface area contributed by atoms with E-state index in [4.69, 9.17) is 0 Å². The molecule has 0 aliphatic heterocycles. The van der Waals surface area contributed by atoms with Crippen LogP contribution in [0.1, 0.15) is 13.3 Å². The molecule has 0 spiro atoms. The maximum Gasteiger partial charge on any atom is 0.319 e. The molecule has 15 heavy (non-hydrogen) atoms. The van der Waals surface area contributed by atoms with Crippen molar-refractivity contribution in [2.45, 2.75) is 13.3 Å². The number of hydrogen-bond acceptors (Lipinski definition) is 1. The Morgan fingerprint density at radius 3 is 2.87 bits per heavy atom. The van der Waals surface area contributed by atoms with Crippen molar-refractivity contribution in [2.75, 3.05) is 11.9 Å². The first kappa shape index (κ1) is 12.0. The van der Waals surface area contributed by atoms with E-state index in [9.17, 15) is 9.18 Å². The Balaban J connectivity index is 2.60. The Hall–Kier alpha value is -1.10. The fraction of sp³-hybridized carbons (Fsp3) is 0.300. The number of halogens is 2. The van der Waals surface area contributed by atoms with Crippen LogP contribution in [0.2, 0.25) is 0 Å². The van der Waals surface area contributed by atoms with Crippen LogP contribution < -0.4 is 10.6 Å². The van der Waals surface area contributed by atoms with Gasteiger partial charge in [0.25, 0.3) is 0 Å². The average molecular weight is 275 g/mol. The number of amides is 2. The van der Waals surface area contributed by atoms with Gasteiger partial charge in [-0.05, 0) is 40.5 Å². The molecule has 1 aromatic rings. The lowest BCUT2D eigenvalue weighted by Crippen LogP contribution is -2.29. The number of carbonyl (C=O) groups is 1. The second-order valence-electron chi connectivity index (χ2n) is 3.01. The Morgan fingerprint density at radius 2 is 2.27 bits per heavy atom. The van der Waals surface area contributed by atoms with E-state index in [0.29, 0.717) is 16.7 Å². The van der Waals surface area contributed by atoms with Crippen LogP contribution in [0.4, 0.5) is 14.9 Å². The zero-order chi connectivity index (χ0) is 11.3. The van der Waals surface area contributed by atoms with Gasteiger partial charge in [-0.15, -0.1) is 0 Å². The summed E-state index contributed by atoms with van der Waals surface area (Å²) in [6, 6.07) is 3.81. The minimum absolute atomic E-state index is 0.288. The van der Waals surface area contributed by atoms with Crippen LogP contribution >= 0.6 is 15.9 Å². The number of anilines is 1. The standard InChI is InChI=1S/C10H12BrFN2O/c1-2-5-13-10(15)14-9-4-3-7(12)6-8(9)11/h3-4,6H,2,5H2,1H3,(H2,13,14,15). The Bertz CT molecular complexity index is 357. The molecule has 0 bridgehead atoms. The van der Waals surface area contributed by atoms with E-state index in [-0.39, 0.29) is 11.8 Å². The summed E-state index contributed by atoms with van der Waals surface area (Å²) in [6.45, 7) is 2.58. The average Bonchev–Trinajstić information content (AvgIpc) is 2.19. The van der Waals surface area contributed by atoms with Crippen LogP contribution in [0, 0.1) is 5.82 Å². The minimum atomic E-state index is -0.346. The summed E-state index contributed by atoms with van der Waals surface area (Å²) in [5.74, 6) is -0.346. The van der Waals surface area contributed by atoms with Gasteiger partial charge in [-0.2, -0.15) is 0 Å². The molecule has 0 saturated carbocycles. The molecule has 0 fully saturated rings. The monoisotopic (exact) mass is 274 g/mol. The molecule has 2 amide bonds. The Kier molecular flexibility index (Phi) is 4.55. The third-order valence-electron chi connectivity index (χ3n) is 1.71. The smallest absolute Gasteiger partial charge is 0.319 e. The molecule has 0 aliphatic carbocycles. The topological polar surface area (TPSA) is 41.1 Å². The second kappa shape index (κ2) is 5.70. The predicted octanol–water partition coefficient (Wildman–Crippen LogP) is 3.12. The number of benzene rings is 1. The van der Waals surface area contributed by atoms with E-state index in [0.717, 1.165) is 6.42 Å². The quantitative estimate of drug-likeness (QED) is 0.874. The predicted molar refractivity (Wildman–Crippen MR) is 61.4 cm³/mol. The van der Waals surface area contributed by atoms with E-state index in [1.807, 2.05) is 6.92 Å². The third kappa shape index (κ3) is 3.87. The first-order valence-electron chi connectivity index (χ1n) is 4.63. The van der Waals surface area contributed by atoms with Crippen molar-refractivity contribution >= 4 is 27.6 Å². The fourth-order valence-corrected chi connectivity index (χ4v) is 1.45. The van der Waals surface area contributed by atoms with Gasteiger partial charge in [-0.25, -0.2) is 9.18 Å². The molecule has 3 nitrogen and oxygen atoms in total. The first-order valence-corrected chi connectivity index (χ1v) is 5.42. The molecule has 2 N–H and O–H groups in total.